The molecule has 2 aromatic rings. The van der Waals surface area contributed by atoms with E-state index in [2.05, 4.69) is 15.8 Å². The third-order valence-corrected chi connectivity index (χ3v) is 3.85. The van der Waals surface area contributed by atoms with Crippen LogP contribution in [0.3, 0.4) is 0 Å². The zero-order chi connectivity index (χ0) is 18.4. The van der Waals surface area contributed by atoms with Crippen molar-refractivity contribution < 1.29 is 22.8 Å². The van der Waals surface area contributed by atoms with Crippen LogP contribution >= 0.6 is 11.3 Å². The number of hydrazone groups is 1. The molecule has 2 rings (SSSR count). The maximum Gasteiger partial charge on any atom is 0.416 e. The van der Waals surface area contributed by atoms with E-state index < -0.39 is 23.6 Å². The van der Waals surface area contributed by atoms with Crippen LogP contribution in [-0.2, 0) is 11.0 Å². The number of hydrogen-bond acceptors (Lipinski definition) is 4. The van der Waals surface area contributed by atoms with Crippen LogP contribution in [0.15, 0.2) is 46.9 Å². The number of anilines is 1. The van der Waals surface area contributed by atoms with Crippen LogP contribution in [0.5, 0.6) is 0 Å². The Morgan fingerprint density at radius 2 is 1.96 bits per heavy atom. The van der Waals surface area contributed by atoms with Gasteiger partial charge in [-0.25, -0.2) is 5.43 Å². The first-order valence-corrected chi connectivity index (χ1v) is 7.98. The molecule has 0 spiro atoms. The largest absolute Gasteiger partial charge is 0.416 e. The van der Waals surface area contributed by atoms with Crippen LogP contribution in [-0.4, -0.2) is 17.5 Å². The Labute approximate surface area is 145 Å². The summed E-state index contributed by atoms with van der Waals surface area (Å²) in [4.78, 5) is 24.1. The van der Waals surface area contributed by atoms with Gasteiger partial charge in [-0.3, -0.25) is 9.59 Å². The first kappa shape index (κ1) is 18.7. The van der Waals surface area contributed by atoms with Gasteiger partial charge in [0.2, 0.25) is 5.91 Å². The highest BCUT2D eigenvalue weighted by Gasteiger charge is 2.30. The van der Waals surface area contributed by atoms with Crippen molar-refractivity contribution >= 4 is 34.6 Å². The average molecular weight is 369 g/mol. The molecular formula is C16H14F3N3O2S. The summed E-state index contributed by atoms with van der Waals surface area (Å²) in [5.74, 6) is -0.932. The van der Waals surface area contributed by atoms with Crippen molar-refractivity contribution in [1.29, 1.82) is 0 Å². The molecule has 1 aromatic carbocycles. The minimum atomic E-state index is -4.48. The van der Waals surface area contributed by atoms with Crippen LogP contribution in [0.25, 0.3) is 0 Å². The van der Waals surface area contributed by atoms with Crippen molar-refractivity contribution in [1.82, 2.24) is 5.43 Å². The van der Waals surface area contributed by atoms with Gasteiger partial charge in [-0.15, -0.1) is 11.3 Å². The summed E-state index contributed by atoms with van der Waals surface area (Å²) in [7, 11) is 0. The smallest absolute Gasteiger partial charge is 0.326 e. The van der Waals surface area contributed by atoms with Gasteiger partial charge in [0.05, 0.1) is 16.9 Å². The molecule has 0 aliphatic heterocycles. The van der Waals surface area contributed by atoms with Gasteiger partial charge in [0.1, 0.15) is 0 Å². The third-order valence-electron chi connectivity index (χ3n) is 2.98. The Balaban J connectivity index is 1.91. The molecule has 0 aliphatic rings. The standard InChI is InChI=1S/C16H14F3N3O2S/c1-10(21-22-15(24)13-6-3-7-25-13)8-14(23)20-12-5-2-4-11(9-12)16(17,18)19/h2-7,9H,8H2,1H3,(H,20,23)(H,22,24). The molecule has 132 valence electrons. The maximum atomic E-state index is 12.6. The van der Waals surface area contributed by atoms with E-state index in [1.165, 1.54) is 30.4 Å². The van der Waals surface area contributed by atoms with Gasteiger partial charge in [0.25, 0.3) is 5.91 Å². The van der Waals surface area contributed by atoms with E-state index in [9.17, 15) is 22.8 Å². The van der Waals surface area contributed by atoms with Gasteiger partial charge >= 0.3 is 6.18 Å². The van der Waals surface area contributed by atoms with Crippen molar-refractivity contribution in [2.75, 3.05) is 5.32 Å². The van der Waals surface area contributed by atoms with E-state index in [-0.39, 0.29) is 12.1 Å². The molecule has 0 aliphatic carbocycles. The molecule has 0 atom stereocenters. The molecule has 1 heterocycles. The summed E-state index contributed by atoms with van der Waals surface area (Å²) in [6, 6.07) is 7.69. The number of alkyl halides is 3. The molecule has 2 amide bonds. The number of thiophene rings is 1. The summed E-state index contributed by atoms with van der Waals surface area (Å²) < 4.78 is 37.9. The van der Waals surface area contributed by atoms with E-state index in [1.54, 1.807) is 17.5 Å². The summed E-state index contributed by atoms with van der Waals surface area (Å²) in [5, 5.41) is 7.92. The summed E-state index contributed by atoms with van der Waals surface area (Å²) in [6.07, 6.45) is -4.65. The molecule has 2 N–H and O–H groups in total. The Morgan fingerprint density at radius 1 is 1.20 bits per heavy atom. The predicted octanol–water partition coefficient (Wildman–Crippen LogP) is 3.90. The number of carbonyl (C=O) groups is 2. The second kappa shape index (κ2) is 7.93. The molecular weight excluding hydrogens is 355 g/mol. The molecule has 0 saturated carbocycles. The molecule has 0 unspecified atom stereocenters. The number of hydrogen-bond donors (Lipinski definition) is 2. The SMILES string of the molecule is CC(CC(=O)Nc1cccc(C(F)(F)F)c1)=NNC(=O)c1cccs1. The fourth-order valence-corrected chi connectivity index (χ4v) is 2.47. The molecule has 25 heavy (non-hydrogen) atoms. The second-order valence-corrected chi connectivity index (χ2v) is 6.02. The van der Waals surface area contributed by atoms with Crippen LogP contribution in [0.2, 0.25) is 0 Å². The van der Waals surface area contributed by atoms with Crippen molar-refractivity contribution in [3.05, 3.63) is 52.2 Å². The van der Waals surface area contributed by atoms with E-state index in [1.807, 2.05) is 0 Å². The number of carbonyl (C=O) groups excluding carboxylic acids is 2. The second-order valence-electron chi connectivity index (χ2n) is 5.07. The first-order chi connectivity index (χ1) is 11.8. The lowest BCUT2D eigenvalue weighted by atomic mass is 10.2. The molecule has 5 nitrogen and oxygen atoms in total. The molecule has 0 bridgehead atoms. The van der Waals surface area contributed by atoms with Crippen molar-refractivity contribution in [2.24, 2.45) is 5.10 Å². The number of amides is 2. The van der Waals surface area contributed by atoms with Crippen molar-refractivity contribution in [3.63, 3.8) is 0 Å². The fourth-order valence-electron chi connectivity index (χ4n) is 1.86. The maximum absolute atomic E-state index is 12.6. The van der Waals surface area contributed by atoms with Crippen LogP contribution in [0.4, 0.5) is 18.9 Å². The Morgan fingerprint density at radius 3 is 2.60 bits per heavy atom. The monoisotopic (exact) mass is 369 g/mol. The van der Waals surface area contributed by atoms with Gasteiger partial charge in [-0.05, 0) is 36.6 Å². The van der Waals surface area contributed by atoms with Gasteiger partial charge in [-0.2, -0.15) is 18.3 Å². The zero-order valence-corrected chi connectivity index (χ0v) is 13.9. The van der Waals surface area contributed by atoms with Gasteiger partial charge in [0.15, 0.2) is 0 Å². The first-order valence-electron chi connectivity index (χ1n) is 7.10. The van der Waals surface area contributed by atoms with Crippen LogP contribution in [0.1, 0.15) is 28.6 Å². The minimum absolute atomic E-state index is 0.0373. The summed E-state index contributed by atoms with van der Waals surface area (Å²) in [5.41, 5.74) is 1.82. The average Bonchev–Trinajstić information content (AvgIpc) is 3.06. The number of nitrogens with one attached hydrogen (secondary N) is 2. The minimum Gasteiger partial charge on any atom is -0.326 e. The lowest BCUT2D eigenvalue weighted by Crippen LogP contribution is -2.21. The number of halogens is 3. The predicted molar refractivity (Wildman–Crippen MR) is 89.6 cm³/mol. The van der Waals surface area contributed by atoms with Gasteiger partial charge < -0.3 is 5.32 Å². The normalized spacial score (nSPS) is 11.9. The highest BCUT2D eigenvalue weighted by Crippen LogP contribution is 2.30. The quantitative estimate of drug-likeness (QED) is 0.620. The topological polar surface area (TPSA) is 70.6 Å². The number of benzene rings is 1. The Bertz CT molecular complexity index is 786. The Kier molecular flexibility index (Phi) is 5.92. The van der Waals surface area contributed by atoms with Crippen molar-refractivity contribution in [2.45, 2.75) is 19.5 Å². The van der Waals surface area contributed by atoms with Gasteiger partial charge in [-0.1, -0.05) is 12.1 Å². The number of nitrogens with zero attached hydrogens (tertiary/aromatic N) is 1. The zero-order valence-electron chi connectivity index (χ0n) is 13.1. The van der Waals surface area contributed by atoms with E-state index in [0.717, 1.165) is 12.1 Å². The number of rotatable bonds is 5. The van der Waals surface area contributed by atoms with E-state index >= 15 is 0 Å². The van der Waals surface area contributed by atoms with E-state index in [4.69, 9.17) is 0 Å². The molecule has 1 aromatic heterocycles. The molecule has 0 saturated heterocycles. The summed E-state index contributed by atoms with van der Waals surface area (Å²) in [6.45, 7) is 1.53. The Hall–Kier alpha value is -2.68. The third kappa shape index (κ3) is 5.71. The van der Waals surface area contributed by atoms with Crippen molar-refractivity contribution in [3.8, 4) is 0 Å². The van der Waals surface area contributed by atoms with Crippen LogP contribution < -0.4 is 10.7 Å². The molecule has 0 radical (unpaired) electrons. The lowest BCUT2D eigenvalue weighted by molar-refractivity contribution is -0.137. The molecule has 0 fully saturated rings. The lowest BCUT2D eigenvalue weighted by Gasteiger charge is -2.09. The van der Waals surface area contributed by atoms with E-state index in [0.29, 0.717) is 10.6 Å². The molecule has 9 heteroatoms. The highest BCUT2D eigenvalue weighted by molar-refractivity contribution is 7.12. The van der Waals surface area contributed by atoms with Gasteiger partial charge in [0, 0.05) is 11.4 Å². The summed E-state index contributed by atoms with van der Waals surface area (Å²) >= 11 is 1.25. The highest BCUT2D eigenvalue weighted by atomic mass is 32.1. The fraction of sp³-hybridized carbons (Fsp3) is 0.188. The van der Waals surface area contributed by atoms with Crippen LogP contribution in [0, 0.1) is 0 Å².